The Labute approximate surface area is 85.8 Å². The topological polar surface area (TPSA) is 52.3 Å². The van der Waals surface area contributed by atoms with Gasteiger partial charge in [-0.25, -0.2) is 0 Å². The Kier molecular flexibility index (Phi) is 4.03. The van der Waals surface area contributed by atoms with Crippen molar-refractivity contribution in [1.29, 1.82) is 0 Å². The SMILES string of the molecule is NC(=O)CCc1ccc(OC(F)F)cc1. The van der Waals surface area contributed by atoms with Crippen molar-refractivity contribution in [3.63, 3.8) is 0 Å². The molecule has 5 heteroatoms. The number of nitrogens with two attached hydrogens (primary N) is 1. The van der Waals surface area contributed by atoms with Gasteiger partial charge in [0.15, 0.2) is 0 Å². The predicted octanol–water partition coefficient (Wildman–Crippen LogP) is 1.71. The summed E-state index contributed by atoms with van der Waals surface area (Å²) in [4.78, 5) is 10.5. The van der Waals surface area contributed by atoms with Crippen molar-refractivity contribution in [3.05, 3.63) is 29.8 Å². The first-order chi connectivity index (χ1) is 7.08. The number of ether oxygens (including phenoxy) is 1. The van der Waals surface area contributed by atoms with E-state index in [1.165, 1.54) is 12.1 Å². The lowest BCUT2D eigenvalue weighted by Gasteiger charge is -2.04. The predicted molar refractivity (Wildman–Crippen MR) is 50.6 cm³/mol. The molecule has 1 rings (SSSR count). The molecular weight excluding hydrogens is 204 g/mol. The average molecular weight is 215 g/mol. The first-order valence-corrected chi connectivity index (χ1v) is 4.40. The largest absolute Gasteiger partial charge is 0.435 e. The molecular formula is C10H11F2NO2. The fraction of sp³-hybridized carbons (Fsp3) is 0.300. The molecule has 0 aliphatic heterocycles. The summed E-state index contributed by atoms with van der Waals surface area (Å²) in [6, 6.07) is 6.12. The Morgan fingerprint density at radius 3 is 2.40 bits per heavy atom. The molecule has 15 heavy (non-hydrogen) atoms. The van der Waals surface area contributed by atoms with Gasteiger partial charge in [-0.2, -0.15) is 8.78 Å². The van der Waals surface area contributed by atoms with Crippen molar-refractivity contribution in [2.45, 2.75) is 19.5 Å². The van der Waals surface area contributed by atoms with Crippen LogP contribution in [-0.2, 0) is 11.2 Å². The van der Waals surface area contributed by atoms with Crippen LogP contribution < -0.4 is 10.5 Å². The van der Waals surface area contributed by atoms with Gasteiger partial charge in [-0.05, 0) is 24.1 Å². The lowest BCUT2D eigenvalue weighted by molar-refractivity contribution is -0.117. The average Bonchev–Trinajstić information content (AvgIpc) is 2.16. The summed E-state index contributed by atoms with van der Waals surface area (Å²) in [6.45, 7) is -2.82. The molecule has 0 aliphatic rings. The van der Waals surface area contributed by atoms with Crippen LogP contribution in [0.25, 0.3) is 0 Å². The third-order valence-corrected chi connectivity index (χ3v) is 1.81. The molecule has 0 aliphatic carbocycles. The van der Waals surface area contributed by atoms with Crippen LogP contribution in [0, 0.1) is 0 Å². The molecule has 0 unspecified atom stereocenters. The molecule has 0 radical (unpaired) electrons. The minimum absolute atomic E-state index is 0.104. The van der Waals surface area contributed by atoms with Crippen molar-refractivity contribution in [2.24, 2.45) is 5.73 Å². The number of amides is 1. The van der Waals surface area contributed by atoms with E-state index in [-0.39, 0.29) is 18.1 Å². The van der Waals surface area contributed by atoms with Crippen molar-refractivity contribution in [2.75, 3.05) is 0 Å². The van der Waals surface area contributed by atoms with E-state index in [9.17, 15) is 13.6 Å². The first kappa shape index (κ1) is 11.4. The van der Waals surface area contributed by atoms with Crippen LogP contribution in [0.15, 0.2) is 24.3 Å². The number of carbonyl (C=O) groups excluding carboxylic acids is 1. The lowest BCUT2D eigenvalue weighted by Crippen LogP contribution is -2.11. The Bertz CT molecular complexity index is 325. The summed E-state index contributed by atoms with van der Waals surface area (Å²) in [5, 5.41) is 0. The summed E-state index contributed by atoms with van der Waals surface area (Å²) >= 11 is 0. The van der Waals surface area contributed by atoms with E-state index < -0.39 is 6.61 Å². The third-order valence-electron chi connectivity index (χ3n) is 1.81. The molecule has 2 N–H and O–H groups in total. The molecule has 82 valence electrons. The van der Waals surface area contributed by atoms with Gasteiger partial charge in [-0.1, -0.05) is 12.1 Å². The Balaban J connectivity index is 2.52. The normalized spacial score (nSPS) is 10.3. The lowest BCUT2D eigenvalue weighted by atomic mass is 10.1. The second-order valence-electron chi connectivity index (χ2n) is 2.99. The fourth-order valence-electron chi connectivity index (χ4n) is 1.11. The highest BCUT2D eigenvalue weighted by Crippen LogP contribution is 2.15. The number of benzene rings is 1. The van der Waals surface area contributed by atoms with Gasteiger partial charge >= 0.3 is 6.61 Å². The van der Waals surface area contributed by atoms with E-state index in [2.05, 4.69) is 4.74 Å². The van der Waals surface area contributed by atoms with Crippen molar-refractivity contribution < 1.29 is 18.3 Å². The highest BCUT2D eigenvalue weighted by Gasteiger charge is 2.03. The van der Waals surface area contributed by atoms with E-state index >= 15 is 0 Å². The van der Waals surface area contributed by atoms with Crippen molar-refractivity contribution in [1.82, 2.24) is 0 Å². The highest BCUT2D eigenvalue weighted by molar-refractivity contribution is 5.73. The van der Waals surface area contributed by atoms with Crippen LogP contribution in [0.5, 0.6) is 5.75 Å². The zero-order valence-corrected chi connectivity index (χ0v) is 7.95. The Morgan fingerprint density at radius 1 is 1.33 bits per heavy atom. The molecule has 0 saturated carbocycles. The van der Waals surface area contributed by atoms with Gasteiger partial charge in [-0.3, -0.25) is 4.79 Å². The number of primary amides is 1. The Morgan fingerprint density at radius 2 is 1.93 bits per heavy atom. The summed E-state index contributed by atoms with van der Waals surface area (Å²) in [5.74, 6) is -0.282. The van der Waals surface area contributed by atoms with Gasteiger partial charge in [0.25, 0.3) is 0 Å². The summed E-state index contributed by atoms with van der Waals surface area (Å²) in [7, 11) is 0. The second kappa shape index (κ2) is 5.29. The van der Waals surface area contributed by atoms with E-state index in [1.807, 2.05) is 0 Å². The Hall–Kier alpha value is -1.65. The van der Waals surface area contributed by atoms with Crippen molar-refractivity contribution in [3.8, 4) is 5.75 Å². The summed E-state index contributed by atoms with van der Waals surface area (Å²) in [5.41, 5.74) is 5.83. The van der Waals surface area contributed by atoms with Crippen LogP contribution in [0.1, 0.15) is 12.0 Å². The maximum Gasteiger partial charge on any atom is 0.387 e. The highest BCUT2D eigenvalue weighted by atomic mass is 19.3. The molecule has 1 amide bonds. The standard InChI is InChI=1S/C10H11F2NO2/c11-10(12)15-8-4-1-7(2-5-8)3-6-9(13)14/h1-2,4-5,10H,3,6H2,(H2,13,14). The molecule has 1 aromatic rings. The maximum atomic E-state index is 11.8. The van der Waals surface area contributed by atoms with Gasteiger partial charge in [0.1, 0.15) is 5.75 Å². The van der Waals surface area contributed by atoms with E-state index in [4.69, 9.17) is 5.73 Å². The third kappa shape index (κ3) is 4.39. The number of halogens is 2. The van der Waals surface area contributed by atoms with Gasteiger partial charge in [0.2, 0.25) is 5.91 Å². The minimum atomic E-state index is -2.82. The molecule has 0 aromatic heterocycles. The number of aryl methyl sites for hydroxylation is 1. The number of carbonyl (C=O) groups is 1. The fourth-order valence-corrected chi connectivity index (χ4v) is 1.11. The summed E-state index contributed by atoms with van der Waals surface area (Å²) < 4.78 is 27.8. The molecule has 0 heterocycles. The van der Waals surface area contributed by atoms with Gasteiger partial charge in [0.05, 0.1) is 0 Å². The second-order valence-corrected chi connectivity index (χ2v) is 2.99. The number of alkyl halides is 2. The van der Waals surface area contributed by atoms with E-state index in [0.717, 1.165) is 5.56 Å². The minimum Gasteiger partial charge on any atom is -0.435 e. The molecule has 0 saturated heterocycles. The molecule has 0 atom stereocenters. The number of hydrogen-bond acceptors (Lipinski definition) is 2. The van der Waals surface area contributed by atoms with Crippen molar-refractivity contribution >= 4 is 5.91 Å². The van der Waals surface area contributed by atoms with Crippen LogP contribution in [0.3, 0.4) is 0 Å². The smallest absolute Gasteiger partial charge is 0.387 e. The van der Waals surface area contributed by atoms with Crippen LogP contribution >= 0.6 is 0 Å². The van der Waals surface area contributed by atoms with Gasteiger partial charge in [-0.15, -0.1) is 0 Å². The molecule has 0 bridgehead atoms. The molecule has 0 fully saturated rings. The molecule has 1 aromatic carbocycles. The van der Waals surface area contributed by atoms with Crippen LogP contribution in [0.2, 0.25) is 0 Å². The zero-order chi connectivity index (χ0) is 11.3. The molecule has 0 spiro atoms. The monoisotopic (exact) mass is 215 g/mol. The van der Waals surface area contributed by atoms with E-state index in [0.29, 0.717) is 6.42 Å². The summed E-state index contributed by atoms with van der Waals surface area (Å²) in [6.07, 6.45) is 0.749. The number of hydrogen-bond donors (Lipinski definition) is 1. The number of rotatable bonds is 5. The first-order valence-electron chi connectivity index (χ1n) is 4.40. The van der Waals surface area contributed by atoms with E-state index in [1.54, 1.807) is 12.1 Å². The maximum absolute atomic E-state index is 11.8. The zero-order valence-electron chi connectivity index (χ0n) is 7.95. The van der Waals surface area contributed by atoms with Crippen LogP contribution in [-0.4, -0.2) is 12.5 Å². The van der Waals surface area contributed by atoms with Gasteiger partial charge < -0.3 is 10.5 Å². The van der Waals surface area contributed by atoms with Gasteiger partial charge in [0, 0.05) is 6.42 Å². The molecule has 3 nitrogen and oxygen atoms in total. The van der Waals surface area contributed by atoms with Crippen LogP contribution in [0.4, 0.5) is 8.78 Å². The quantitative estimate of drug-likeness (QED) is 0.812.